The number of nitrogens with one attached hydrogen (secondary N) is 1. The summed E-state index contributed by atoms with van der Waals surface area (Å²) in [6.07, 6.45) is 1.71. The average molecular weight is 579 g/mol. The van der Waals surface area contributed by atoms with Crippen LogP contribution >= 0.6 is 34.7 Å². The predicted molar refractivity (Wildman–Crippen MR) is 152 cm³/mol. The van der Waals surface area contributed by atoms with Gasteiger partial charge in [-0.25, -0.2) is 0 Å². The molecule has 0 radical (unpaired) electrons. The van der Waals surface area contributed by atoms with Gasteiger partial charge in [-0.3, -0.25) is 14.5 Å². The van der Waals surface area contributed by atoms with Crippen LogP contribution in [0.2, 0.25) is 5.02 Å². The minimum absolute atomic E-state index is 0.00239. The number of amides is 1. The van der Waals surface area contributed by atoms with Crippen molar-refractivity contribution < 1.29 is 14.3 Å². The Morgan fingerprint density at radius 1 is 1.28 bits per heavy atom. The van der Waals surface area contributed by atoms with E-state index in [2.05, 4.69) is 21.6 Å². The topological polar surface area (TPSA) is 134 Å². The lowest BCUT2D eigenvalue weighted by Crippen LogP contribution is -2.38. The molecule has 3 N–H and O–H groups in total. The number of nitrogens with zero attached hydrogens (tertiary/aromatic N) is 4. The van der Waals surface area contributed by atoms with Gasteiger partial charge in [0.2, 0.25) is 11.0 Å². The lowest BCUT2D eigenvalue weighted by Gasteiger charge is -2.38. The normalized spacial score (nSPS) is 17.1. The van der Waals surface area contributed by atoms with E-state index in [-0.39, 0.29) is 23.3 Å². The standard InChI is InChI=1S/C27H23ClN6O3S2/c1-37-21-11-10-16(28)12-18(21)31-22(36)14-38-27-33-32-26(39-27)34-19-8-5-9-20(35)24(19)23(17(13-29)25(34)30)15-6-3-2-4-7-15/h2-4,6-7,10-12,23H,5,8-9,14,30H2,1H3,(H,31,36). The van der Waals surface area contributed by atoms with Crippen LogP contribution in [0, 0.1) is 11.3 Å². The molecule has 1 aromatic heterocycles. The Bertz CT molecular complexity index is 1550. The molecule has 2 heterocycles. The summed E-state index contributed by atoms with van der Waals surface area (Å²) in [4.78, 5) is 27.5. The van der Waals surface area contributed by atoms with Crippen LogP contribution in [0.5, 0.6) is 5.75 Å². The number of anilines is 2. The summed E-state index contributed by atoms with van der Waals surface area (Å²) in [5.74, 6) is 0.0123. The van der Waals surface area contributed by atoms with Gasteiger partial charge in [-0.2, -0.15) is 5.26 Å². The minimum atomic E-state index is -0.524. The van der Waals surface area contributed by atoms with E-state index in [1.165, 1.54) is 30.2 Å². The van der Waals surface area contributed by atoms with Gasteiger partial charge >= 0.3 is 0 Å². The maximum atomic E-state index is 13.2. The van der Waals surface area contributed by atoms with Crippen molar-refractivity contribution in [3.63, 3.8) is 0 Å². The van der Waals surface area contributed by atoms with Crippen LogP contribution < -0.4 is 20.7 Å². The van der Waals surface area contributed by atoms with Crippen LogP contribution in [0.4, 0.5) is 10.8 Å². The second-order valence-corrected chi connectivity index (χ2v) is 11.4. The SMILES string of the molecule is COc1ccc(Cl)cc1NC(=O)CSc1nnc(N2C(N)=C(C#N)C(c3ccccc3)C3=C2CCCC3=O)s1. The Balaban J connectivity index is 1.40. The van der Waals surface area contributed by atoms with E-state index in [1.54, 1.807) is 23.1 Å². The number of Topliss-reactive ketones (excluding diaryl/α,β-unsaturated/α-hetero) is 1. The fraction of sp³-hybridized carbons (Fsp3) is 0.222. The van der Waals surface area contributed by atoms with E-state index >= 15 is 0 Å². The largest absolute Gasteiger partial charge is 0.495 e. The number of nitriles is 1. The van der Waals surface area contributed by atoms with Crippen molar-refractivity contribution in [2.75, 3.05) is 23.1 Å². The van der Waals surface area contributed by atoms with Gasteiger partial charge in [0.15, 0.2) is 10.1 Å². The first-order valence-electron chi connectivity index (χ1n) is 12.0. The fourth-order valence-corrected chi connectivity index (χ4v) is 6.58. The van der Waals surface area contributed by atoms with Gasteiger partial charge in [-0.1, -0.05) is 65.0 Å². The zero-order valence-corrected chi connectivity index (χ0v) is 23.2. The number of benzene rings is 2. The van der Waals surface area contributed by atoms with Crippen LogP contribution in [0.25, 0.3) is 0 Å². The zero-order valence-electron chi connectivity index (χ0n) is 20.8. The maximum Gasteiger partial charge on any atom is 0.234 e. The molecule has 9 nitrogen and oxygen atoms in total. The number of hydrogen-bond donors (Lipinski definition) is 2. The van der Waals surface area contributed by atoms with Crippen LogP contribution in [-0.4, -0.2) is 34.8 Å². The summed E-state index contributed by atoms with van der Waals surface area (Å²) >= 11 is 8.50. The number of methoxy groups -OCH3 is 1. The molecular formula is C27H23ClN6O3S2. The molecule has 1 amide bonds. The van der Waals surface area contributed by atoms with Crippen LogP contribution in [-0.2, 0) is 9.59 Å². The third-order valence-corrected chi connectivity index (χ3v) is 8.67. The maximum absolute atomic E-state index is 13.2. The quantitative estimate of drug-likeness (QED) is 0.361. The van der Waals surface area contributed by atoms with E-state index in [9.17, 15) is 14.9 Å². The van der Waals surface area contributed by atoms with Crippen molar-refractivity contribution in [1.82, 2.24) is 10.2 Å². The number of aromatic nitrogens is 2. The summed E-state index contributed by atoms with van der Waals surface area (Å²) in [6.45, 7) is 0. The first-order valence-corrected chi connectivity index (χ1v) is 14.2. The first kappa shape index (κ1) is 26.7. The smallest absolute Gasteiger partial charge is 0.234 e. The Kier molecular flexibility index (Phi) is 7.88. The molecule has 0 fully saturated rings. The Morgan fingerprint density at radius 2 is 2.08 bits per heavy atom. The number of ketones is 1. The van der Waals surface area contributed by atoms with Crippen molar-refractivity contribution >= 4 is 57.2 Å². The number of ether oxygens (including phenoxy) is 1. The van der Waals surface area contributed by atoms with Gasteiger partial charge in [0.05, 0.1) is 36.1 Å². The number of hydrogen-bond acceptors (Lipinski definition) is 10. The summed E-state index contributed by atoms with van der Waals surface area (Å²) in [7, 11) is 1.51. The van der Waals surface area contributed by atoms with Gasteiger partial charge in [0, 0.05) is 22.7 Å². The van der Waals surface area contributed by atoms with E-state index in [4.69, 9.17) is 22.1 Å². The highest BCUT2D eigenvalue weighted by Crippen LogP contribution is 2.47. The monoisotopic (exact) mass is 578 g/mol. The zero-order chi connectivity index (χ0) is 27.5. The van der Waals surface area contributed by atoms with Crippen molar-refractivity contribution in [3.8, 4) is 11.8 Å². The van der Waals surface area contributed by atoms with E-state index in [0.29, 0.717) is 56.3 Å². The van der Waals surface area contributed by atoms with Gasteiger partial charge in [0.25, 0.3) is 0 Å². The predicted octanol–water partition coefficient (Wildman–Crippen LogP) is 5.24. The highest BCUT2D eigenvalue weighted by molar-refractivity contribution is 8.01. The molecule has 5 rings (SSSR count). The molecule has 12 heteroatoms. The molecule has 198 valence electrons. The van der Waals surface area contributed by atoms with Crippen molar-refractivity contribution in [2.24, 2.45) is 5.73 Å². The van der Waals surface area contributed by atoms with Gasteiger partial charge < -0.3 is 15.8 Å². The number of nitrogens with two attached hydrogens (primary N) is 1. The molecule has 0 saturated heterocycles. The van der Waals surface area contributed by atoms with E-state index in [1.807, 2.05) is 30.3 Å². The molecule has 2 aliphatic rings. The summed E-state index contributed by atoms with van der Waals surface area (Å²) < 4.78 is 5.82. The van der Waals surface area contributed by atoms with Crippen LogP contribution in [0.1, 0.15) is 30.7 Å². The number of rotatable bonds is 7. The van der Waals surface area contributed by atoms with Crippen molar-refractivity contribution in [1.29, 1.82) is 5.26 Å². The van der Waals surface area contributed by atoms with E-state index in [0.717, 1.165) is 11.3 Å². The van der Waals surface area contributed by atoms with Crippen LogP contribution in [0.3, 0.4) is 0 Å². The molecular weight excluding hydrogens is 556 g/mol. The number of carbonyl (C=O) groups is 2. The highest BCUT2D eigenvalue weighted by Gasteiger charge is 2.41. The Hall–Kier alpha value is -3.85. The third kappa shape index (κ3) is 5.36. The summed E-state index contributed by atoms with van der Waals surface area (Å²) in [5.41, 5.74) is 9.53. The number of thioether (sulfide) groups is 1. The minimum Gasteiger partial charge on any atom is -0.495 e. The number of halogens is 1. The molecule has 1 unspecified atom stereocenters. The third-order valence-electron chi connectivity index (χ3n) is 6.40. The van der Waals surface area contributed by atoms with Gasteiger partial charge in [-0.05, 0) is 36.6 Å². The summed E-state index contributed by atoms with van der Waals surface area (Å²) in [6, 6.07) is 16.7. The second kappa shape index (κ2) is 11.5. The van der Waals surface area contributed by atoms with Crippen molar-refractivity contribution in [2.45, 2.75) is 29.5 Å². The molecule has 0 bridgehead atoms. The van der Waals surface area contributed by atoms with Gasteiger partial charge in [0.1, 0.15) is 11.6 Å². The lowest BCUT2D eigenvalue weighted by atomic mass is 9.76. The Labute approximate surface area is 238 Å². The lowest BCUT2D eigenvalue weighted by molar-refractivity contribution is -0.116. The fourth-order valence-electron chi connectivity index (χ4n) is 4.73. The average Bonchev–Trinajstić information content (AvgIpc) is 3.40. The van der Waals surface area contributed by atoms with Crippen LogP contribution in [0.15, 0.2) is 75.5 Å². The molecule has 0 saturated carbocycles. The van der Waals surface area contributed by atoms with Gasteiger partial charge in [-0.15, -0.1) is 10.2 Å². The Morgan fingerprint density at radius 3 is 2.82 bits per heavy atom. The molecule has 3 aromatic rings. The first-order chi connectivity index (χ1) is 18.9. The summed E-state index contributed by atoms with van der Waals surface area (Å²) in [5, 5.41) is 22.4. The second-order valence-electron chi connectivity index (χ2n) is 8.76. The molecule has 1 atom stereocenters. The number of carbonyl (C=O) groups excluding carboxylic acids is 2. The molecule has 1 aliphatic heterocycles. The molecule has 0 spiro atoms. The van der Waals surface area contributed by atoms with E-state index < -0.39 is 5.92 Å². The molecule has 2 aromatic carbocycles. The number of allylic oxidation sites excluding steroid dienone is 3. The molecule has 39 heavy (non-hydrogen) atoms. The molecule has 1 aliphatic carbocycles. The highest BCUT2D eigenvalue weighted by atomic mass is 35.5. The van der Waals surface area contributed by atoms with Crippen molar-refractivity contribution in [3.05, 3.63) is 81.8 Å².